The van der Waals surface area contributed by atoms with Gasteiger partial charge in [-0.25, -0.2) is 9.59 Å². The summed E-state index contributed by atoms with van der Waals surface area (Å²) in [4.78, 5) is 22.0. The molecule has 0 atom stereocenters. The number of benzene rings is 1. The van der Waals surface area contributed by atoms with Gasteiger partial charge in [-0.1, -0.05) is 6.07 Å². The standard InChI is InChI=1S/C14H18N2O3/c1-9(2)15-14(19)16-12-6-4-11(10(3)8-12)5-7-13(17)18/h4-9H,1-3H3,(H,17,18)(H2,15,16,19). The first-order valence-electron chi connectivity index (χ1n) is 5.97. The second-order valence-corrected chi connectivity index (χ2v) is 4.50. The zero-order chi connectivity index (χ0) is 14.4. The minimum absolute atomic E-state index is 0.0684. The van der Waals surface area contributed by atoms with E-state index in [4.69, 9.17) is 5.11 Å². The van der Waals surface area contributed by atoms with Crippen molar-refractivity contribution >= 4 is 23.8 Å². The van der Waals surface area contributed by atoms with E-state index in [1.54, 1.807) is 18.2 Å². The molecule has 0 aliphatic heterocycles. The summed E-state index contributed by atoms with van der Waals surface area (Å²) in [6.45, 7) is 5.61. The molecule has 1 aromatic rings. The number of anilines is 1. The van der Waals surface area contributed by atoms with E-state index in [9.17, 15) is 9.59 Å². The van der Waals surface area contributed by atoms with Gasteiger partial charge in [0.05, 0.1) is 0 Å². The number of amides is 2. The van der Waals surface area contributed by atoms with E-state index >= 15 is 0 Å². The molecule has 1 rings (SSSR count). The third kappa shape index (κ3) is 5.25. The number of carbonyl (C=O) groups excluding carboxylic acids is 1. The Morgan fingerprint density at radius 3 is 2.53 bits per heavy atom. The summed E-state index contributed by atoms with van der Waals surface area (Å²) in [5.41, 5.74) is 2.36. The van der Waals surface area contributed by atoms with Crippen LogP contribution in [0.2, 0.25) is 0 Å². The van der Waals surface area contributed by atoms with E-state index in [1.165, 1.54) is 6.08 Å². The van der Waals surface area contributed by atoms with Crippen molar-refractivity contribution in [1.82, 2.24) is 5.32 Å². The molecule has 2 amide bonds. The molecule has 0 aromatic heterocycles. The number of aryl methyl sites for hydroxylation is 1. The van der Waals surface area contributed by atoms with Gasteiger partial charge in [0.15, 0.2) is 0 Å². The smallest absolute Gasteiger partial charge is 0.328 e. The molecule has 0 fully saturated rings. The minimum Gasteiger partial charge on any atom is -0.478 e. The summed E-state index contributed by atoms with van der Waals surface area (Å²) in [5.74, 6) is -0.988. The molecular weight excluding hydrogens is 244 g/mol. The Kier molecular flexibility index (Phi) is 5.11. The maximum Gasteiger partial charge on any atom is 0.328 e. The summed E-state index contributed by atoms with van der Waals surface area (Å²) >= 11 is 0. The molecule has 19 heavy (non-hydrogen) atoms. The summed E-state index contributed by atoms with van der Waals surface area (Å²) in [6.07, 6.45) is 2.61. The van der Waals surface area contributed by atoms with Crippen molar-refractivity contribution < 1.29 is 14.7 Å². The highest BCUT2D eigenvalue weighted by Gasteiger charge is 2.04. The molecule has 1 aromatic carbocycles. The van der Waals surface area contributed by atoms with Gasteiger partial charge < -0.3 is 15.7 Å². The fourth-order valence-electron chi connectivity index (χ4n) is 1.53. The lowest BCUT2D eigenvalue weighted by Gasteiger charge is -2.11. The van der Waals surface area contributed by atoms with Crippen molar-refractivity contribution in [2.45, 2.75) is 26.8 Å². The normalized spacial score (nSPS) is 10.7. The zero-order valence-corrected chi connectivity index (χ0v) is 11.2. The van der Waals surface area contributed by atoms with Crippen molar-refractivity contribution in [1.29, 1.82) is 0 Å². The predicted octanol–water partition coefficient (Wildman–Crippen LogP) is 2.62. The zero-order valence-electron chi connectivity index (χ0n) is 11.2. The van der Waals surface area contributed by atoms with Gasteiger partial charge in [-0.15, -0.1) is 0 Å². The van der Waals surface area contributed by atoms with Crippen LogP contribution < -0.4 is 10.6 Å². The molecule has 0 unspecified atom stereocenters. The number of carboxylic acids is 1. The summed E-state index contributed by atoms with van der Waals surface area (Å²) in [6, 6.07) is 5.09. The Labute approximate surface area is 112 Å². The first-order valence-corrected chi connectivity index (χ1v) is 5.97. The highest BCUT2D eigenvalue weighted by Crippen LogP contribution is 2.16. The van der Waals surface area contributed by atoms with Crippen molar-refractivity contribution in [3.05, 3.63) is 35.4 Å². The van der Waals surface area contributed by atoms with Gasteiger partial charge in [0, 0.05) is 17.8 Å². The van der Waals surface area contributed by atoms with Gasteiger partial charge >= 0.3 is 12.0 Å². The highest BCUT2D eigenvalue weighted by molar-refractivity contribution is 5.90. The van der Waals surface area contributed by atoms with Crippen molar-refractivity contribution in [2.24, 2.45) is 0 Å². The molecule has 5 nitrogen and oxygen atoms in total. The van der Waals surface area contributed by atoms with Crippen LogP contribution >= 0.6 is 0 Å². The van der Waals surface area contributed by atoms with Crippen LogP contribution in [0.4, 0.5) is 10.5 Å². The van der Waals surface area contributed by atoms with Gasteiger partial charge in [0.1, 0.15) is 0 Å². The molecule has 0 saturated heterocycles. The molecule has 102 valence electrons. The van der Waals surface area contributed by atoms with E-state index < -0.39 is 5.97 Å². The predicted molar refractivity (Wildman–Crippen MR) is 75.1 cm³/mol. The Bertz CT molecular complexity index is 507. The maximum atomic E-state index is 11.5. The number of aliphatic carboxylic acids is 1. The molecule has 3 N–H and O–H groups in total. The van der Waals surface area contributed by atoms with Gasteiger partial charge in [-0.3, -0.25) is 0 Å². The van der Waals surface area contributed by atoms with Gasteiger partial charge in [-0.2, -0.15) is 0 Å². The molecule has 0 aliphatic rings. The number of carbonyl (C=O) groups is 2. The van der Waals surface area contributed by atoms with Crippen LogP contribution in [0.15, 0.2) is 24.3 Å². The van der Waals surface area contributed by atoms with Crippen LogP contribution in [-0.4, -0.2) is 23.1 Å². The SMILES string of the molecule is Cc1cc(NC(=O)NC(C)C)ccc1C=CC(=O)O. The third-order valence-electron chi connectivity index (χ3n) is 2.35. The van der Waals surface area contributed by atoms with E-state index in [0.29, 0.717) is 5.69 Å². The first-order chi connectivity index (χ1) is 8.88. The van der Waals surface area contributed by atoms with Crippen LogP contribution in [0.5, 0.6) is 0 Å². The number of nitrogens with one attached hydrogen (secondary N) is 2. The molecule has 0 spiro atoms. The summed E-state index contributed by atoms with van der Waals surface area (Å²) < 4.78 is 0. The first kappa shape index (κ1) is 14.8. The monoisotopic (exact) mass is 262 g/mol. The fourth-order valence-corrected chi connectivity index (χ4v) is 1.53. The van der Waals surface area contributed by atoms with Crippen LogP contribution in [0.1, 0.15) is 25.0 Å². The quantitative estimate of drug-likeness (QED) is 0.730. The molecule has 0 radical (unpaired) electrons. The summed E-state index contributed by atoms with van der Waals surface area (Å²) in [7, 11) is 0. The number of urea groups is 1. The summed E-state index contributed by atoms with van der Waals surface area (Å²) in [5, 5.41) is 14.0. The second kappa shape index (κ2) is 6.58. The largest absolute Gasteiger partial charge is 0.478 e. The van der Waals surface area contributed by atoms with E-state index in [0.717, 1.165) is 17.2 Å². The van der Waals surface area contributed by atoms with Crippen LogP contribution in [0.3, 0.4) is 0 Å². The highest BCUT2D eigenvalue weighted by atomic mass is 16.4. The van der Waals surface area contributed by atoms with Gasteiger partial charge in [0.2, 0.25) is 0 Å². The Morgan fingerprint density at radius 1 is 1.32 bits per heavy atom. The van der Waals surface area contributed by atoms with Crippen LogP contribution in [-0.2, 0) is 4.79 Å². The van der Waals surface area contributed by atoms with E-state index in [2.05, 4.69) is 10.6 Å². The van der Waals surface area contributed by atoms with Gasteiger partial charge in [0.25, 0.3) is 0 Å². The molecule has 0 aliphatic carbocycles. The molecule has 0 bridgehead atoms. The van der Waals surface area contributed by atoms with Crippen molar-refractivity contribution in [2.75, 3.05) is 5.32 Å². The number of rotatable bonds is 4. The van der Waals surface area contributed by atoms with Crippen LogP contribution in [0.25, 0.3) is 6.08 Å². The number of hydrogen-bond acceptors (Lipinski definition) is 2. The Hall–Kier alpha value is -2.30. The van der Waals surface area contributed by atoms with Gasteiger partial charge in [-0.05, 0) is 50.1 Å². The van der Waals surface area contributed by atoms with E-state index in [-0.39, 0.29) is 12.1 Å². The molecule has 0 heterocycles. The average molecular weight is 262 g/mol. The minimum atomic E-state index is -0.988. The third-order valence-corrected chi connectivity index (χ3v) is 2.35. The maximum absolute atomic E-state index is 11.5. The Morgan fingerprint density at radius 2 is 2.00 bits per heavy atom. The lowest BCUT2D eigenvalue weighted by atomic mass is 10.1. The van der Waals surface area contributed by atoms with Crippen molar-refractivity contribution in [3.8, 4) is 0 Å². The van der Waals surface area contributed by atoms with E-state index in [1.807, 2.05) is 20.8 Å². The van der Waals surface area contributed by atoms with Crippen LogP contribution in [0, 0.1) is 6.92 Å². The second-order valence-electron chi connectivity index (χ2n) is 4.50. The fraction of sp³-hybridized carbons (Fsp3) is 0.286. The Balaban J connectivity index is 2.77. The topological polar surface area (TPSA) is 78.4 Å². The number of hydrogen-bond donors (Lipinski definition) is 3. The lowest BCUT2D eigenvalue weighted by molar-refractivity contribution is -0.131. The number of carboxylic acid groups (broad SMARTS) is 1. The molecular formula is C14H18N2O3. The van der Waals surface area contributed by atoms with Crippen molar-refractivity contribution in [3.63, 3.8) is 0 Å². The lowest BCUT2D eigenvalue weighted by Crippen LogP contribution is -2.34. The molecule has 0 saturated carbocycles. The molecule has 5 heteroatoms. The average Bonchev–Trinajstić information content (AvgIpc) is 2.26.